The Morgan fingerprint density at radius 2 is 1.95 bits per heavy atom. The predicted molar refractivity (Wildman–Crippen MR) is 157 cm³/mol. The number of hydrogen-bond acceptors (Lipinski definition) is 7. The van der Waals surface area contributed by atoms with E-state index in [0.717, 1.165) is 55.5 Å². The number of hydrogen-bond donors (Lipinski definition) is 4. The van der Waals surface area contributed by atoms with Crippen molar-refractivity contribution in [3.8, 4) is 11.8 Å². The number of anilines is 1. The molecule has 4 atom stereocenters. The summed E-state index contributed by atoms with van der Waals surface area (Å²) in [5.41, 5.74) is 8.98. The lowest BCUT2D eigenvalue weighted by Crippen LogP contribution is -2.49. The number of benzene rings is 2. The second-order valence-corrected chi connectivity index (χ2v) is 11.2. The van der Waals surface area contributed by atoms with Gasteiger partial charge in [0.25, 0.3) is 0 Å². The van der Waals surface area contributed by atoms with E-state index < -0.39 is 29.7 Å². The molecule has 0 spiro atoms. The van der Waals surface area contributed by atoms with E-state index >= 15 is 0 Å². The topological polar surface area (TPSA) is 111 Å². The number of nitrogens with two attached hydrogens (primary N) is 1. The number of carbonyl (C=O) groups excluding carboxylic acids is 1. The summed E-state index contributed by atoms with van der Waals surface area (Å²) in [6.07, 6.45) is 4.53. The number of rotatable bonds is 10. The number of nitrogens with one attached hydrogen (secondary N) is 1. The van der Waals surface area contributed by atoms with Gasteiger partial charge in [0.15, 0.2) is 0 Å². The first-order valence-corrected chi connectivity index (χ1v) is 14.5. The standard InChI is InChI=1S/C32H44N4O4/c1-24(38)29-28(23-37)40-36(30(29)31(39)34-19-10-20-35(2)27-13-5-3-6-14-27)22-26-12-9-11-25(21-26)15-18-32(33)16-7-4-8-17-32/h3,5-6,9,11-14,21,24,28-30,37-38H,4,7-8,10,16-17,19-20,22-23,33H2,1-2H3,(H,34,39)/t24-,28-,29+,30-/m1/s1. The first-order valence-electron chi connectivity index (χ1n) is 14.5. The van der Waals surface area contributed by atoms with Crippen LogP contribution in [0.4, 0.5) is 5.69 Å². The number of carbonyl (C=O) groups is 1. The highest BCUT2D eigenvalue weighted by molar-refractivity contribution is 5.82. The van der Waals surface area contributed by atoms with E-state index in [-0.39, 0.29) is 12.5 Å². The Balaban J connectivity index is 1.41. The minimum atomic E-state index is -0.837. The van der Waals surface area contributed by atoms with Gasteiger partial charge in [0.1, 0.15) is 12.1 Å². The van der Waals surface area contributed by atoms with Crippen molar-refractivity contribution in [2.75, 3.05) is 31.6 Å². The van der Waals surface area contributed by atoms with Gasteiger partial charge in [0, 0.05) is 37.3 Å². The van der Waals surface area contributed by atoms with Crippen LogP contribution in [-0.2, 0) is 16.2 Å². The van der Waals surface area contributed by atoms with Crippen LogP contribution in [0.25, 0.3) is 0 Å². The normalized spacial score (nSPS) is 23.2. The molecular weight excluding hydrogens is 504 g/mol. The number of nitrogens with zero attached hydrogens (tertiary/aromatic N) is 2. The molecular formula is C32H44N4O4. The molecule has 2 aromatic carbocycles. The van der Waals surface area contributed by atoms with E-state index in [1.807, 2.05) is 49.5 Å². The largest absolute Gasteiger partial charge is 0.394 e. The molecule has 1 saturated carbocycles. The summed E-state index contributed by atoms with van der Waals surface area (Å²) in [6, 6.07) is 17.2. The second-order valence-electron chi connectivity index (χ2n) is 11.2. The van der Waals surface area contributed by atoms with E-state index in [2.05, 4.69) is 34.2 Å². The lowest BCUT2D eigenvalue weighted by Gasteiger charge is -2.27. The van der Waals surface area contributed by atoms with Gasteiger partial charge in [-0.1, -0.05) is 61.4 Å². The maximum Gasteiger partial charge on any atom is 0.240 e. The molecule has 2 aliphatic rings. The van der Waals surface area contributed by atoms with Gasteiger partial charge in [-0.2, -0.15) is 5.06 Å². The average molecular weight is 549 g/mol. The number of amides is 1. The zero-order valence-corrected chi connectivity index (χ0v) is 23.8. The number of aliphatic hydroxyl groups is 2. The summed E-state index contributed by atoms with van der Waals surface area (Å²) < 4.78 is 0. The molecule has 1 saturated heterocycles. The first-order chi connectivity index (χ1) is 19.3. The molecule has 0 unspecified atom stereocenters. The van der Waals surface area contributed by atoms with Crippen LogP contribution in [0.2, 0.25) is 0 Å². The van der Waals surface area contributed by atoms with Crippen molar-refractivity contribution in [1.29, 1.82) is 0 Å². The average Bonchev–Trinajstić information content (AvgIpc) is 3.34. The van der Waals surface area contributed by atoms with Crippen LogP contribution >= 0.6 is 0 Å². The summed E-state index contributed by atoms with van der Waals surface area (Å²) in [4.78, 5) is 21.6. The van der Waals surface area contributed by atoms with Crippen molar-refractivity contribution in [3.63, 3.8) is 0 Å². The molecule has 0 bridgehead atoms. The quantitative estimate of drug-likeness (QED) is 0.267. The van der Waals surface area contributed by atoms with Crippen molar-refractivity contribution in [2.24, 2.45) is 11.7 Å². The lowest BCUT2D eigenvalue weighted by atomic mass is 9.83. The molecule has 8 heteroatoms. The molecule has 1 aliphatic heterocycles. The zero-order valence-electron chi connectivity index (χ0n) is 23.8. The van der Waals surface area contributed by atoms with Gasteiger partial charge in [0.05, 0.1) is 24.8 Å². The number of hydroxylamine groups is 2. The van der Waals surface area contributed by atoms with Crippen LogP contribution in [0.15, 0.2) is 54.6 Å². The highest BCUT2D eigenvalue weighted by atomic mass is 16.7. The Morgan fingerprint density at radius 3 is 2.65 bits per heavy atom. The van der Waals surface area contributed by atoms with Gasteiger partial charge in [-0.05, 0) is 56.0 Å². The Bertz CT molecular complexity index is 1160. The molecule has 4 rings (SSSR count). The van der Waals surface area contributed by atoms with E-state index in [0.29, 0.717) is 13.1 Å². The summed E-state index contributed by atoms with van der Waals surface area (Å²) in [5, 5.41) is 25.2. The molecule has 1 heterocycles. The molecule has 1 aliphatic carbocycles. The van der Waals surface area contributed by atoms with Crippen molar-refractivity contribution >= 4 is 11.6 Å². The molecule has 2 aromatic rings. The van der Waals surface area contributed by atoms with Crippen LogP contribution in [0.1, 0.15) is 56.6 Å². The Labute approximate surface area is 238 Å². The van der Waals surface area contributed by atoms with Gasteiger partial charge in [-0.15, -0.1) is 0 Å². The summed E-state index contributed by atoms with van der Waals surface area (Å²) in [5.74, 6) is 5.77. The Kier molecular flexibility index (Phi) is 10.6. The van der Waals surface area contributed by atoms with Gasteiger partial charge in [0.2, 0.25) is 5.91 Å². The van der Waals surface area contributed by atoms with Gasteiger partial charge >= 0.3 is 0 Å². The SMILES string of the molecule is C[C@@H](O)[C@H]1[C@@H](CO)ON(Cc2cccc(C#CC3(N)CCCCC3)c2)[C@H]1C(=O)NCCCN(C)c1ccccc1. The van der Waals surface area contributed by atoms with Crippen LogP contribution in [0.5, 0.6) is 0 Å². The Morgan fingerprint density at radius 1 is 1.20 bits per heavy atom. The maximum atomic E-state index is 13.4. The van der Waals surface area contributed by atoms with E-state index in [9.17, 15) is 15.0 Å². The predicted octanol–water partition coefficient (Wildman–Crippen LogP) is 2.82. The number of para-hydroxylation sites is 1. The second kappa shape index (κ2) is 14.1. The zero-order chi connectivity index (χ0) is 28.5. The molecule has 0 radical (unpaired) electrons. The summed E-state index contributed by atoms with van der Waals surface area (Å²) in [7, 11) is 2.03. The van der Waals surface area contributed by atoms with Crippen LogP contribution < -0.4 is 16.0 Å². The minimum absolute atomic E-state index is 0.220. The molecule has 1 amide bonds. The Hall–Kier alpha value is -2.93. The van der Waals surface area contributed by atoms with E-state index in [1.165, 1.54) is 6.42 Å². The van der Waals surface area contributed by atoms with Crippen LogP contribution in [0, 0.1) is 17.8 Å². The van der Waals surface area contributed by atoms with Crippen molar-refractivity contribution in [2.45, 2.75) is 75.8 Å². The lowest BCUT2D eigenvalue weighted by molar-refractivity contribution is -0.181. The monoisotopic (exact) mass is 548 g/mol. The summed E-state index contributed by atoms with van der Waals surface area (Å²) >= 11 is 0. The third-order valence-corrected chi connectivity index (χ3v) is 8.01. The van der Waals surface area contributed by atoms with Crippen LogP contribution in [0.3, 0.4) is 0 Å². The highest BCUT2D eigenvalue weighted by Gasteiger charge is 2.49. The van der Waals surface area contributed by atoms with Crippen LogP contribution in [-0.4, -0.2) is 71.7 Å². The van der Waals surface area contributed by atoms with Crippen molar-refractivity contribution < 1.29 is 19.8 Å². The summed E-state index contributed by atoms with van der Waals surface area (Å²) in [6.45, 7) is 2.94. The first kappa shape index (κ1) is 30.0. The van der Waals surface area contributed by atoms with Gasteiger partial charge in [-0.25, -0.2) is 0 Å². The van der Waals surface area contributed by atoms with Gasteiger partial charge < -0.3 is 26.2 Å². The van der Waals surface area contributed by atoms with Gasteiger partial charge in [-0.3, -0.25) is 9.63 Å². The van der Waals surface area contributed by atoms with E-state index in [1.54, 1.807) is 12.0 Å². The molecule has 2 fully saturated rings. The fourth-order valence-electron chi connectivity index (χ4n) is 5.75. The minimum Gasteiger partial charge on any atom is -0.394 e. The number of aliphatic hydroxyl groups excluding tert-OH is 2. The third-order valence-electron chi connectivity index (χ3n) is 8.01. The fourth-order valence-corrected chi connectivity index (χ4v) is 5.75. The van der Waals surface area contributed by atoms with E-state index in [4.69, 9.17) is 10.6 Å². The molecule has 8 nitrogen and oxygen atoms in total. The highest BCUT2D eigenvalue weighted by Crippen LogP contribution is 2.32. The smallest absolute Gasteiger partial charge is 0.240 e. The van der Waals surface area contributed by atoms with Crippen molar-refractivity contribution in [3.05, 3.63) is 65.7 Å². The fraction of sp³-hybridized carbons (Fsp3) is 0.531. The molecule has 0 aromatic heterocycles. The molecule has 5 N–H and O–H groups in total. The molecule has 216 valence electrons. The third kappa shape index (κ3) is 7.84. The maximum absolute atomic E-state index is 13.4. The van der Waals surface area contributed by atoms with Crippen molar-refractivity contribution in [1.82, 2.24) is 10.4 Å². The molecule has 40 heavy (non-hydrogen) atoms.